The second-order valence-electron chi connectivity index (χ2n) is 6.81. The molecule has 1 aliphatic rings. The normalized spacial score (nSPS) is 14.0. The number of rotatable bonds is 8. The molecule has 1 unspecified atom stereocenters. The second-order valence-corrected chi connectivity index (χ2v) is 6.81. The molecule has 28 heavy (non-hydrogen) atoms. The number of carbonyl (C=O) groups excluding carboxylic acids is 2. The predicted octanol–water partition coefficient (Wildman–Crippen LogP) is 3.24. The van der Waals surface area contributed by atoms with E-state index in [1.54, 1.807) is 55.5 Å². The molecule has 0 heterocycles. The van der Waals surface area contributed by atoms with Crippen molar-refractivity contribution in [3.05, 3.63) is 54.1 Å². The molecule has 0 radical (unpaired) electrons. The van der Waals surface area contributed by atoms with Gasteiger partial charge in [-0.2, -0.15) is 0 Å². The number of anilines is 2. The van der Waals surface area contributed by atoms with E-state index in [0.29, 0.717) is 22.7 Å². The largest absolute Gasteiger partial charge is 0.484 e. The minimum absolute atomic E-state index is 0.00977. The van der Waals surface area contributed by atoms with Gasteiger partial charge >= 0.3 is 5.97 Å². The number of aliphatic carboxylic acids is 1. The van der Waals surface area contributed by atoms with Crippen molar-refractivity contribution in [3.63, 3.8) is 0 Å². The van der Waals surface area contributed by atoms with Crippen LogP contribution in [-0.4, -0.2) is 29.5 Å². The molecule has 2 aromatic rings. The molecule has 0 saturated heterocycles. The Hall–Kier alpha value is -3.35. The van der Waals surface area contributed by atoms with Crippen molar-refractivity contribution in [2.24, 2.45) is 5.92 Å². The molecule has 7 heteroatoms. The minimum atomic E-state index is -0.902. The minimum Gasteiger partial charge on any atom is -0.484 e. The fourth-order valence-electron chi connectivity index (χ4n) is 2.60. The van der Waals surface area contributed by atoms with E-state index < -0.39 is 11.9 Å². The van der Waals surface area contributed by atoms with E-state index in [0.717, 1.165) is 12.8 Å². The first-order valence-electron chi connectivity index (χ1n) is 9.08. The number of nitrogens with one attached hydrogen (secondary N) is 2. The fraction of sp³-hybridized carbons (Fsp3) is 0.286. The third-order valence-electron chi connectivity index (χ3n) is 4.48. The Morgan fingerprint density at radius 1 is 1.07 bits per heavy atom. The Bertz CT molecular complexity index is 875. The molecule has 0 aliphatic heterocycles. The molecule has 1 atom stereocenters. The molecule has 1 saturated carbocycles. The SMILES string of the molecule is CC(C(=O)O)c1ccc(NC(=O)COc2cccc(NC(=O)C3CC3)c2)cc1. The number of hydrogen-bond acceptors (Lipinski definition) is 4. The van der Waals surface area contributed by atoms with Gasteiger partial charge in [-0.15, -0.1) is 0 Å². The van der Waals surface area contributed by atoms with Crippen LogP contribution in [0.2, 0.25) is 0 Å². The van der Waals surface area contributed by atoms with E-state index in [-0.39, 0.29) is 24.3 Å². The fourth-order valence-corrected chi connectivity index (χ4v) is 2.60. The number of carbonyl (C=O) groups is 3. The number of benzene rings is 2. The molecule has 1 fully saturated rings. The lowest BCUT2D eigenvalue weighted by Gasteiger charge is -2.11. The molecule has 3 N–H and O–H groups in total. The summed E-state index contributed by atoms with van der Waals surface area (Å²) >= 11 is 0. The Labute approximate surface area is 162 Å². The number of carboxylic acid groups (broad SMARTS) is 1. The summed E-state index contributed by atoms with van der Waals surface area (Å²) in [6.45, 7) is 1.41. The van der Waals surface area contributed by atoms with Crippen molar-refractivity contribution in [3.8, 4) is 5.75 Å². The maximum Gasteiger partial charge on any atom is 0.310 e. The van der Waals surface area contributed by atoms with E-state index >= 15 is 0 Å². The van der Waals surface area contributed by atoms with E-state index in [9.17, 15) is 14.4 Å². The summed E-state index contributed by atoms with van der Waals surface area (Å²) in [5.41, 5.74) is 1.85. The van der Waals surface area contributed by atoms with Gasteiger partial charge in [-0.25, -0.2) is 0 Å². The van der Waals surface area contributed by atoms with Crippen LogP contribution in [0.15, 0.2) is 48.5 Å². The Morgan fingerprint density at radius 3 is 2.43 bits per heavy atom. The average Bonchev–Trinajstić information content (AvgIpc) is 3.52. The van der Waals surface area contributed by atoms with Crippen molar-refractivity contribution in [2.45, 2.75) is 25.7 Å². The summed E-state index contributed by atoms with van der Waals surface area (Å²) in [5.74, 6) is -1.25. The molecule has 0 aromatic heterocycles. The summed E-state index contributed by atoms with van der Waals surface area (Å²) in [7, 11) is 0. The molecule has 7 nitrogen and oxygen atoms in total. The quantitative estimate of drug-likeness (QED) is 0.650. The lowest BCUT2D eigenvalue weighted by atomic mass is 10.0. The lowest BCUT2D eigenvalue weighted by Crippen LogP contribution is -2.20. The molecule has 3 rings (SSSR count). The zero-order valence-corrected chi connectivity index (χ0v) is 15.5. The topological polar surface area (TPSA) is 105 Å². The molecule has 0 spiro atoms. The number of ether oxygens (including phenoxy) is 1. The van der Waals surface area contributed by atoms with E-state index in [4.69, 9.17) is 9.84 Å². The van der Waals surface area contributed by atoms with Gasteiger partial charge in [0.15, 0.2) is 6.61 Å². The summed E-state index contributed by atoms with van der Waals surface area (Å²) in [6.07, 6.45) is 1.86. The zero-order valence-electron chi connectivity index (χ0n) is 15.5. The van der Waals surface area contributed by atoms with Crippen LogP contribution in [0.1, 0.15) is 31.2 Å². The molecule has 0 bridgehead atoms. The first-order valence-corrected chi connectivity index (χ1v) is 9.08. The van der Waals surface area contributed by atoms with Gasteiger partial charge in [0.1, 0.15) is 5.75 Å². The lowest BCUT2D eigenvalue weighted by molar-refractivity contribution is -0.138. The third kappa shape index (κ3) is 5.33. The maximum absolute atomic E-state index is 12.1. The summed E-state index contributed by atoms with van der Waals surface area (Å²) < 4.78 is 5.49. The van der Waals surface area contributed by atoms with Gasteiger partial charge in [0, 0.05) is 23.4 Å². The van der Waals surface area contributed by atoms with Crippen LogP contribution < -0.4 is 15.4 Å². The van der Waals surface area contributed by atoms with Gasteiger partial charge in [0.25, 0.3) is 5.91 Å². The molecule has 2 amide bonds. The van der Waals surface area contributed by atoms with Crippen molar-refractivity contribution in [1.29, 1.82) is 0 Å². The van der Waals surface area contributed by atoms with E-state index in [1.807, 2.05) is 0 Å². The van der Waals surface area contributed by atoms with Crippen LogP contribution in [0.3, 0.4) is 0 Å². The molecule has 2 aromatic carbocycles. The van der Waals surface area contributed by atoms with Crippen molar-refractivity contribution >= 4 is 29.2 Å². The first-order chi connectivity index (χ1) is 13.4. The van der Waals surface area contributed by atoms with Gasteiger partial charge in [0.2, 0.25) is 5.91 Å². The molecule has 146 valence electrons. The summed E-state index contributed by atoms with van der Waals surface area (Å²) in [4.78, 5) is 34.9. The molecular weight excluding hydrogens is 360 g/mol. The zero-order chi connectivity index (χ0) is 20.1. The maximum atomic E-state index is 12.1. The van der Waals surface area contributed by atoms with Crippen LogP contribution in [0.5, 0.6) is 5.75 Å². The van der Waals surface area contributed by atoms with Crippen molar-refractivity contribution < 1.29 is 24.2 Å². The number of carboxylic acids is 1. The average molecular weight is 382 g/mol. The Kier molecular flexibility index (Phi) is 5.93. The van der Waals surface area contributed by atoms with E-state index in [2.05, 4.69) is 10.6 Å². The highest BCUT2D eigenvalue weighted by Gasteiger charge is 2.29. The van der Waals surface area contributed by atoms with Crippen molar-refractivity contribution in [2.75, 3.05) is 17.2 Å². The van der Waals surface area contributed by atoms with Crippen LogP contribution >= 0.6 is 0 Å². The van der Waals surface area contributed by atoms with Crippen LogP contribution in [0.25, 0.3) is 0 Å². The highest BCUT2D eigenvalue weighted by molar-refractivity contribution is 5.94. The predicted molar refractivity (Wildman–Crippen MR) is 104 cm³/mol. The van der Waals surface area contributed by atoms with Crippen LogP contribution in [0, 0.1) is 5.92 Å². The van der Waals surface area contributed by atoms with Gasteiger partial charge < -0.3 is 20.5 Å². The standard InChI is InChI=1S/C21H22N2O5/c1-13(21(26)27)14-7-9-16(10-8-14)22-19(24)12-28-18-4-2-3-17(11-18)23-20(25)15-5-6-15/h2-4,7-11,13,15H,5-6,12H2,1H3,(H,22,24)(H,23,25)(H,26,27). The van der Waals surface area contributed by atoms with E-state index in [1.165, 1.54) is 0 Å². The highest BCUT2D eigenvalue weighted by Crippen LogP contribution is 2.30. The van der Waals surface area contributed by atoms with Crippen molar-refractivity contribution in [1.82, 2.24) is 0 Å². The smallest absolute Gasteiger partial charge is 0.310 e. The summed E-state index contributed by atoms with van der Waals surface area (Å²) in [5, 5.41) is 14.5. The Balaban J connectivity index is 1.50. The molecule has 1 aliphatic carbocycles. The van der Waals surface area contributed by atoms with Gasteiger partial charge in [0.05, 0.1) is 5.92 Å². The molecular formula is C21H22N2O5. The first kappa shape index (κ1) is 19.4. The van der Waals surface area contributed by atoms with Crippen LogP contribution in [-0.2, 0) is 14.4 Å². The van der Waals surface area contributed by atoms with Gasteiger partial charge in [-0.1, -0.05) is 18.2 Å². The highest BCUT2D eigenvalue weighted by atomic mass is 16.5. The number of amides is 2. The van der Waals surface area contributed by atoms with Crippen LogP contribution in [0.4, 0.5) is 11.4 Å². The summed E-state index contributed by atoms with van der Waals surface area (Å²) in [6, 6.07) is 13.5. The van der Waals surface area contributed by atoms with Gasteiger partial charge in [-0.05, 0) is 49.6 Å². The van der Waals surface area contributed by atoms with Gasteiger partial charge in [-0.3, -0.25) is 14.4 Å². The number of hydrogen-bond donors (Lipinski definition) is 3. The monoisotopic (exact) mass is 382 g/mol. The Morgan fingerprint density at radius 2 is 1.79 bits per heavy atom. The third-order valence-corrected chi connectivity index (χ3v) is 4.48. The second kappa shape index (κ2) is 8.56.